The molecule has 6 nitrogen and oxygen atoms in total. The predicted molar refractivity (Wildman–Crippen MR) is 288 cm³/mol. The van der Waals surface area contributed by atoms with E-state index < -0.39 is 6.10 Å². The zero-order valence-electron chi connectivity index (χ0n) is 43.9. The summed E-state index contributed by atoms with van der Waals surface area (Å²) in [4.78, 5) is 38.0. The van der Waals surface area contributed by atoms with Crippen molar-refractivity contribution in [1.82, 2.24) is 0 Å². The lowest BCUT2D eigenvalue weighted by molar-refractivity contribution is -0.166. The fraction of sp³-hybridized carbons (Fsp3) is 0.721. The van der Waals surface area contributed by atoms with E-state index >= 15 is 0 Å². The molecule has 0 fully saturated rings. The first kappa shape index (κ1) is 63.6. The highest BCUT2D eigenvalue weighted by Gasteiger charge is 2.19. The second-order valence-corrected chi connectivity index (χ2v) is 18.4. The van der Waals surface area contributed by atoms with E-state index in [0.29, 0.717) is 19.3 Å². The second kappa shape index (κ2) is 55.2. The molecule has 6 heteroatoms. The monoisotopic (exact) mass is 933 g/mol. The summed E-state index contributed by atoms with van der Waals surface area (Å²) in [7, 11) is 0. The van der Waals surface area contributed by atoms with Crippen molar-refractivity contribution in [2.24, 2.45) is 0 Å². The van der Waals surface area contributed by atoms with Gasteiger partial charge in [0.15, 0.2) is 6.10 Å². The highest BCUT2D eigenvalue weighted by atomic mass is 16.6. The topological polar surface area (TPSA) is 78.9 Å². The number of esters is 3. The summed E-state index contributed by atoms with van der Waals surface area (Å²) in [5.41, 5.74) is 0. The van der Waals surface area contributed by atoms with Gasteiger partial charge in [0.05, 0.1) is 0 Å². The highest BCUT2D eigenvalue weighted by molar-refractivity contribution is 5.71. The first-order valence-corrected chi connectivity index (χ1v) is 28.1. The van der Waals surface area contributed by atoms with Gasteiger partial charge in [0.25, 0.3) is 0 Å². The van der Waals surface area contributed by atoms with Crippen LogP contribution in [0.4, 0.5) is 0 Å². The molecule has 384 valence electrons. The lowest BCUT2D eigenvalue weighted by Crippen LogP contribution is -2.30. The Bertz CT molecular complexity index is 1300. The Hall–Kier alpha value is -3.41. The van der Waals surface area contributed by atoms with E-state index in [1.54, 1.807) is 0 Å². The second-order valence-electron chi connectivity index (χ2n) is 18.4. The van der Waals surface area contributed by atoms with Crippen LogP contribution in [0.15, 0.2) is 85.1 Å². The fourth-order valence-corrected chi connectivity index (χ4v) is 7.77. The summed E-state index contributed by atoms with van der Waals surface area (Å²) >= 11 is 0. The van der Waals surface area contributed by atoms with Crippen LogP contribution in [0.2, 0.25) is 0 Å². The maximum absolute atomic E-state index is 12.8. The molecule has 0 bridgehead atoms. The number of unbranched alkanes of at least 4 members (excludes halogenated alkanes) is 25. The summed E-state index contributed by atoms with van der Waals surface area (Å²) in [5, 5.41) is 0. The van der Waals surface area contributed by atoms with E-state index in [-0.39, 0.29) is 37.5 Å². The SMILES string of the molecule is CC/C=C\C/C=C\C/C=C\C/C=C\CCC(=O)OCC(COC(=O)CCCCCCCCCCCCCCCCCCCCCCC)OC(=O)CCCCCCC/C=C\C/C=C\C/C=C\CC. The quantitative estimate of drug-likeness (QED) is 0.0262. The van der Waals surface area contributed by atoms with Crippen LogP contribution < -0.4 is 0 Å². The van der Waals surface area contributed by atoms with Crippen LogP contribution in [0.3, 0.4) is 0 Å². The van der Waals surface area contributed by atoms with Gasteiger partial charge in [-0.15, -0.1) is 0 Å². The molecule has 0 N–H and O–H groups in total. The van der Waals surface area contributed by atoms with Gasteiger partial charge in [0.1, 0.15) is 13.2 Å². The number of rotatable bonds is 50. The van der Waals surface area contributed by atoms with Gasteiger partial charge >= 0.3 is 17.9 Å². The van der Waals surface area contributed by atoms with Crippen molar-refractivity contribution in [1.29, 1.82) is 0 Å². The van der Waals surface area contributed by atoms with Crippen LogP contribution in [0, 0.1) is 0 Å². The van der Waals surface area contributed by atoms with Crippen LogP contribution in [-0.2, 0) is 28.6 Å². The predicted octanol–water partition coefficient (Wildman–Crippen LogP) is 18.8. The Morgan fingerprint density at radius 3 is 1.00 bits per heavy atom. The fourth-order valence-electron chi connectivity index (χ4n) is 7.77. The first-order chi connectivity index (χ1) is 33.0. The molecule has 0 spiro atoms. The van der Waals surface area contributed by atoms with Crippen molar-refractivity contribution >= 4 is 17.9 Å². The zero-order chi connectivity index (χ0) is 48.6. The Morgan fingerprint density at radius 2 is 0.612 bits per heavy atom. The Morgan fingerprint density at radius 1 is 0.313 bits per heavy atom. The average Bonchev–Trinajstić information content (AvgIpc) is 3.33. The molecular weight excluding hydrogens is 829 g/mol. The summed E-state index contributed by atoms with van der Waals surface area (Å²) in [6, 6.07) is 0. The third-order valence-electron chi connectivity index (χ3n) is 11.9. The van der Waals surface area contributed by atoms with E-state index in [0.717, 1.165) is 103 Å². The normalized spacial score (nSPS) is 12.7. The molecule has 0 aromatic carbocycles. The molecule has 0 saturated carbocycles. The van der Waals surface area contributed by atoms with Gasteiger partial charge in [-0.2, -0.15) is 0 Å². The number of ether oxygens (including phenoxy) is 3. The van der Waals surface area contributed by atoms with Crippen molar-refractivity contribution < 1.29 is 28.6 Å². The molecule has 1 atom stereocenters. The minimum Gasteiger partial charge on any atom is -0.462 e. The van der Waals surface area contributed by atoms with E-state index in [1.165, 1.54) is 116 Å². The molecule has 0 amide bonds. The van der Waals surface area contributed by atoms with Crippen LogP contribution in [0.1, 0.15) is 265 Å². The molecule has 0 aliphatic rings. The highest BCUT2D eigenvalue weighted by Crippen LogP contribution is 2.16. The van der Waals surface area contributed by atoms with Crippen molar-refractivity contribution in [3.63, 3.8) is 0 Å². The van der Waals surface area contributed by atoms with E-state index in [9.17, 15) is 14.4 Å². The lowest BCUT2D eigenvalue weighted by atomic mass is 10.0. The van der Waals surface area contributed by atoms with Crippen molar-refractivity contribution in [3.8, 4) is 0 Å². The Kier molecular flexibility index (Phi) is 52.4. The summed E-state index contributed by atoms with van der Waals surface area (Å²) < 4.78 is 16.8. The van der Waals surface area contributed by atoms with Gasteiger partial charge in [-0.1, -0.05) is 254 Å². The molecule has 0 heterocycles. The lowest BCUT2D eigenvalue weighted by Gasteiger charge is -2.18. The summed E-state index contributed by atoms with van der Waals surface area (Å²) in [6.45, 7) is 6.35. The minimum absolute atomic E-state index is 0.104. The molecule has 0 radical (unpaired) electrons. The van der Waals surface area contributed by atoms with Crippen LogP contribution in [0.25, 0.3) is 0 Å². The van der Waals surface area contributed by atoms with Gasteiger partial charge < -0.3 is 14.2 Å². The van der Waals surface area contributed by atoms with Crippen LogP contribution in [0.5, 0.6) is 0 Å². The molecule has 0 aromatic rings. The van der Waals surface area contributed by atoms with Crippen LogP contribution in [-0.4, -0.2) is 37.2 Å². The van der Waals surface area contributed by atoms with E-state index in [2.05, 4.69) is 99.8 Å². The zero-order valence-corrected chi connectivity index (χ0v) is 43.9. The molecule has 0 rings (SSSR count). The third-order valence-corrected chi connectivity index (χ3v) is 11.9. The number of allylic oxidation sites excluding steroid dienone is 14. The molecule has 1 unspecified atom stereocenters. The summed E-state index contributed by atoms with van der Waals surface area (Å²) in [5.74, 6) is -1.00. The van der Waals surface area contributed by atoms with Crippen molar-refractivity contribution in [2.75, 3.05) is 13.2 Å². The van der Waals surface area contributed by atoms with Gasteiger partial charge in [-0.25, -0.2) is 0 Å². The third kappa shape index (κ3) is 53.4. The molecule has 0 saturated heterocycles. The molecular formula is C61H104O6. The number of hydrogen-bond acceptors (Lipinski definition) is 6. The maximum Gasteiger partial charge on any atom is 0.306 e. The van der Waals surface area contributed by atoms with Gasteiger partial charge in [0, 0.05) is 19.3 Å². The molecule has 0 aliphatic heterocycles. The van der Waals surface area contributed by atoms with Crippen molar-refractivity contribution in [2.45, 2.75) is 271 Å². The largest absolute Gasteiger partial charge is 0.462 e. The van der Waals surface area contributed by atoms with Crippen molar-refractivity contribution in [3.05, 3.63) is 85.1 Å². The number of hydrogen-bond donors (Lipinski definition) is 0. The molecule has 0 aromatic heterocycles. The minimum atomic E-state index is -0.813. The van der Waals surface area contributed by atoms with Gasteiger partial charge in [-0.05, 0) is 77.0 Å². The first-order valence-electron chi connectivity index (χ1n) is 28.1. The van der Waals surface area contributed by atoms with E-state index in [1.807, 2.05) is 6.08 Å². The Labute approximate surface area is 414 Å². The standard InChI is InChI=1S/C61H104O6/c1-4-7-10-13-16-19-22-25-27-28-29-30-31-32-34-36-39-42-45-48-51-54-60(63)66-57-58(56-65-59(62)53-50-47-44-41-38-35-24-21-18-15-12-9-6-3)67-61(64)55-52-49-46-43-40-37-33-26-23-20-17-14-11-8-5-2/h8-9,11-12,17-18,20-21,26,33,35,38,44,47,58H,4-7,10,13-16,19,22-25,27-32,34,36-37,39-43,45-46,48-57H2,1-3H3/b11-8-,12-9-,20-17-,21-18-,33-26-,38-35-,47-44-. The summed E-state index contributed by atoms with van der Waals surface area (Å²) in [6.07, 6.45) is 71.7. The smallest absolute Gasteiger partial charge is 0.306 e. The molecule has 0 aliphatic carbocycles. The number of carbonyl (C=O) groups excluding carboxylic acids is 3. The van der Waals surface area contributed by atoms with Crippen LogP contribution >= 0.6 is 0 Å². The van der Waals surface area contributed by atoms with Gasteiger partial charge in [0.2, 0.25) is 0 Å². The molecule has 67 heavy (non-hydrogen) atoms. The maximum atomic E-state index is 12.8. The number of carbonyl (C=O) groups is 3. The average molecular weight is 933 g/mol. The van der Waals surface area contributed by atoms with E-state index in [4.69, 9.17) is 14.2 Å². The van der Waals surface area contributed by atoms with Gasteiger partial charge in [-0.3, -0.25) is 14.4 Å². The Balaban J connectivity index is 4.38.